The van der Waals surface area contributed by atoms with E-state index >= 15 is 0 Å². The topological polar surface area (TPSA) is 49.4 Å². The monoisotopic (exact) mass is 340 g/mol. The lowest BCUT2D eigenvalue weighted by Gasteiger charge is -2.16. The van der Waals surface area contributed by atoms with Crippen LogP contribution in [0.15, 0.2) is 59.5 Å². The van der Waals surface area contributed by atoms with Gasteiger partial charge in [-0.3, -0.25) is 14.5 Å². The second kappa shape index (κ2) is 7.53. The van der Waals surface area contributed by atoms with Crippen molar-refractivity contribution in [3.8, 4) is 0 Å². The summed E-state index contributed by atoms with van der Waals surface area (Å²) in [4.78, 5) is 27.2. The van der Waals surface area contributed by atoms with Crippen LogP contribution in [0.5, 0.6) is 0 Å². The van der Waals surface area contributed by atoms with Crippen LogP contribution < -0.4 is 5.32 Å². The van der Waals surface area contributed by atoms with Gasteiger partial charge in [-0.05, 0) is 42.5 Å². The average molecular weight is 340 g/mol. The van der Waals surface area contributed by atoms with Crippen molar-refractivity contribution in [1.29, 1.82) is 0 Å². The number of likely N-dealkylation sites (tertiary alicyclic amines) is 1. The standard InChI is InChI=1S/C19H20N2O2S/c1-24-16-9-7-15(8-10-16)20-17-13-18(22)21(19(17)23)12-11-14-5-3-2-4-6-14/h2-10,17,20H,11-13H2,1H3/t17-/m0/s1. The number of carbonyl (C=O) groups is 2. The van der Waals surface area contributed by atoms with Crippen LogP contribution in [-0.2, 0) is 16.0 Å². The Kier molecular flexibility index (Phi) is 5.20. The van der Waals surface area contributed by atoms with Crippen LogP contribution in [0.2, 0.25) is 0 Å². The van der Waals surface area contributed by atoms with Crippen molar-refractivity contribution in [3.63, 3.8) is 0 Å². The van der Waals surface area contributed by atoms with Gasteiger partial charge in [-0.25, -0.2) is 0 Å². The number of hydrogen-bond donors (Lipinski definition) is 1. The average Bonchev–Trinajstić information content (AvgIpc) is 2.88. The van der Waals surface area contributed by atoms with Gasteiger partial charge in [-0.15, -0.1) is 11.8 Å². The molecule has 3 rings (SSSR count). The molecule has 0 radical (unpaired) electrons. The van der Waals surface area contributed by atoms with E-state index in [2.05, 4.69) is 5.32 Å². The summed E-state index contributed by atoms with van der Waals surface area (Å²) in [6.45, 7) is 0.436. The Bertz CT molecular complexity index is 716. The predicted molar refractivity (Wildman–Crippen MR) is 97.1 cm³/mol. The summed E-state index contributed by atoms with van der Waals surface area (Å²) in [7, 11) is 0. The molecule has 0 aromatic heterocycles. The van der Waals surface area contributed by atoms with Gasteiger partial charge < -0.3 is 5.32 Å². The molecular weight excluding hydrogens is 320 g/mol. The lowest BCUT2D eigenvalue weighted by Crippen LogP contribution is -2.36. The molecule has 0 aliphatic carbocycles. The SMILES string of the molecule is CSc1ccc(N[C@H]2CC(=O)N(CCc3ccccc3)C2=O)cc1. The number of benzene rings is 2. The first-order valence-corrected chi connectivity index (χ1v) is 9.18. The zero-order chi connectivity index (χ0) is 16.9. The lowest BCUT2D eigenvalue weighted by molar-refractivity contribution is -0.138. The highest BCUT2D eigenvalue weighted by Crippen LogP contribution is 2.21. The van der Waals surface area contributed by atoms with E-state index in [9.17, 15) is 9.59 Å². The Hall–Kier alpha value is -2.27. The molecule has 0 saturated carbocycles. The molecule has 1 aliphatic rings. The number of imide groups is 1. The molecule has 1 aliphatic heterocycles. The summed E-state index contributed by atoms with van der Waals surface area (Å²) in [5.41, 5.74) is 1.99. The van der Waals surface area contributed by atoms with Crippen molar-refractivity contribution in [2.75, 3.05) is 18.1 Å². The van der Waals surface area contributed by atoms with Crippen LogP contribution in [0.25, 0.3) is 0 Å². The Morgan fingerprint density at radius 3 is 2.46 bits per heavy atom. The van der Waals surface area contributed by atoms with Gasteiger partial charge in [0.25, 0.3) is 5.91 Å². The quantitative estimate of drug-likeness (QED) is 0.648. The Balaban J connectivity index is 1.60. The fourth-order valence-electron chi connectivity index (χ4n) is 2.80. The fraction of sp³-hybridized carbons (Fsp3) is 0.263. The van der Waals surface area contributed by atoms with Crippen LogP contribution in [0, 0.1) is 0 Å². The van der Waals surface area contributed by atoms with E-state index in [0.717, 1.165) is 11.3 Å². The first-order valence-electron chi connectivity index (χ1n) is 7.96. The maximum absolute atomic E-state index is 12.5. The third kappa shape index (κ3) is 3.79. The number of rotatable bonds is 6. The van der Waals surface area contributed by atoms with E-state index in [1.807, 2.05) is 60.9 Å². The van der Waals surface area contributed by atoms with Crippen molar-refractivity contribution in [1.82, 2.24) is 4.90 Å². The Labute approximate surface area is 146 Å². The summed E-state index contributed by atoms with van der Waals surface area (Å²) >= 11 is 1.67. The lowest BCUT2D eigenvalue weighted by atomic mass is 10.1. The van der Waals surface area contributed by atoms with Crippen molar-refractivity contribution >= 4 is 29.3 Å². The minimum absolute atomic E-state index is 0.103. The highest BCUT2D eigenvalue weighted by Gasteiger charge is 2.38. The molecular formula is C19H20N2O2S. The minimum atomic E-state index is -0.464. The van der Waals surface area contributed by atoms with Crippen LogP contribution in [0.3, 0.4) is 0 Å². The summed E-state index contributed by atoms with van der Waals surface area (Å²) < 4.78 is 0. The van der Waals surface area contributed by atoms with Gasteiger partial charge in [-0.2, -0.15) is 0 Å². The second-order valence-corrected chi connectivity index (χ2v) is 6.63. The molecule has 0 bridgehead atoms. The minimum Gasteiger partial charge on any atom is -0.373 e. The largest absolute Gasteiger partial charge is 0.373 e. The van der Waals surface area contributed by atoms with Crippen molar-refractivity contribution < 1.29 is 9.59 Å². The van der Waals surface area contributed by atoms with Crippen LogP contribution in [0.1, 0.15) is 12.0 Å². The molecule has 1 heterocycles. The number of nitrogens with zero attached hydrogens (tertiary/aromatic N) is 1. The Morgan fingerprint density at radius 2 is 1.79 bits per heavy atom. The van der Waals surface area contributed by atoms with Crippen LogP contribution in [-0.4, -0.2) is 35.6 Å². The molecule has 4 nitrogen and oxygen atoms in total. The first kappa shape index (κ1) is 16.6. The van der Waals surface area contributed by atoms with E-state index < -0.39 is 6.04 Å². The molecule has 5 heteroatoms. The zero-order valence-corrected chi connectivity index (χ0v) is 14.4. The van der Waals surface area contributed by atoms with E-state index in [1.54, 1.807) is 11.8 Å². The molecule has 0 spiro atoms. The van der Waals surface area contributed by atoms with E-state index in [0.29, 0.717) is 13.0 Å². The number of anilines is 1. The van der Waals surface area contributed by atoms with Gasteiger partial charge >= 0.3 is 0 Å². The van der Waals surface area contributed by atoms with E-state index in [-0.39, 0.29) is 18.2 Å². The van der Waals surface area contributed by atoms with E-state index in [1.165, 1.54) is 9.80 Å². The van der Waals surface area contributed by atoms with Gasteiger partial charge in [0.1, 0.15) is 6.04 Å². The number of nitrogens with one attached hydrogen (secondary N) is 1. The third-order valence-corrected chi connectivity index (χ3v) is 4.89. The molecule has 1 N–H and O–H groups in total. The summed E-state index contributed by atoms with van der Waals surface area (Å²) in [5, 5.41) is 3.18. The van der Waals surface area contributed by atoms with Gasteiger partial charge in [0.05, 0.1) is 6.42 Å². The zero-order valence-electron chi connectivity index (χ0n) is 13.6. The van der Waals surface area contributed by atoms with Gasteiger partial charge in [0.15, 0.2) is 0 Å². The molecule has 1 atom stereocenters. The normalized spacial score (nSPS) is 17.4. The highest BCUT2D eigenvalue weighted by molar-refractivity contribution is 7.98. The Morgan fingerprint density at radius 1 is 1.08 bits per heavy atom. The number of amides is 2. The molecule has 2 amide bonds. The molecule has 0 unspecified atom stereocenters. The van der Waals surface area contributed by atoms with Gasteiger partial charge in [-0.1, -0.05) is 30.3 Å². The first-order chi connectivity index (χ1) is 11.7. The molecule has 1 saturated heterocycles. The maximum Gasteiger partial charge on any atom is 0.252 e. The number of carbonyl (C=O) groups excluding carboxylic acids is 2. The molecule has 2 aromatic carbocycles. The summed E-state index contributed by atoms with van der Waals surface area (Å²) in [5.74, 6) is -0.237. The molecule has 124 valence electrons. The van der Waals surface area contributed by atoms with Crippen molar-refractivity contribution in [2.24, 2.45) is 0 Å². The van der Waals surface area contributed by atoms with Crippen LogP contribution >= 0.6 is 11.8 Å². The highest BCUT2D eigenvalue weighted by atomic mass is 32.2. The van der Waals surface area contributed by atoms with Crippen molar-refractivity contribution in [2.45, 2.75) is 23.8 Å². The van der Waals surface area contributed by atoms with E-state index in [4.69, 9.17) is 0 Å². The third-order valence-electron chi connectivity index (χ3n) is 4.14. The van der Waals surface area contributed by atoms with Gasteiger partial charge in [0.2, 0.25) is 5.91 Å². The molecule has 24 heavy (non-hydrogen) atoms. The fourth-order valence-corrected chi connectivity index (χ4v) is 3.21. The molecule has 2 aromatic rings. The molecule has 1 fully saturated rings. The summed E-state index contributed by atoms with van der Waals surface area (Å²) in [6.07, 6.45) is 2.93. The van der Waals surface area contributed by atoms with Crippen molar-refractivity contribution in [3.05, 3.63) is 60.2 Å². The van der Waals surface area contributed by atoms with Crippen LogP contribution in [0.4, 0.5) is 5.69 Å². The van der Waals surface area contributed by atoms with Gasteiger partial charge in [0, 0.05) is 17.1 Å². The number of thioether (sulfide) groups is 1. The second-order valence-electron chi connectivity index (χ2n) is 5.75. The summed E-state index contributed by atoms with van der Waals surface area (Å²) in [6, 6.07) is 17.3. The number of hydrogen-bond acceptors (Lipinski definition) is 4. The smallest absolute Gasteiger partial charge is 0.252 e. The maximum atomic E-state index is 12.5. The predicted octanol–water partition coefficient (Wildman–Crippen LogP) is 3.19.